The molecule has 1 aliphatic heterocycles. The summed E-state index contributed by atoms with van der Waals surface area (Å²) in [6.07, 6.45) is 10.9. The molecule has 3 nitrogen and oxygen atoms in total. The SMILES string of the molecule is C[C@@H](N)C/C=C/C[C@@H]1CCCCC(N)=N1. The molecule has 0 saturated carbocycles. The second kappa shape index (κ2) is 6.62. The molecule has 3 heteroatoms. The third-order valence-electron chi connectivity index (χ3n) is 2.65. The molecular formula is C12H23N3. The summed E-state index contributed by atoms with van der Waals surface area (Å²) in [5.41, 5.74) is 11.4. The Labute approximate surface area is 92.6 Å². The molecule has 0 radical (unpaired) electrons. The lowest BCUT2D eigenvalue weighted by Gasteiger charge is -2.07. The van der Waals surface area contributed by atoms with Crippen molar-refractivity contribution in [2.45, 2.75) is 57.5 Å². The molecule has 86 valence electrons. The summed E-state index contributed by atoms with van der Waals surface area (Å²) in [6.45, 7) is 2.02. The fourth-order valence-corrected chi connectivity index (χ4v) is 1.78. The second-order valence-corrected chi connectivity index (χ2v) is 4.44. The summed E-state index contributed by atoms with van der Waals surface area (Å²) >= 11 is 0. The Hall–Kier alpha value is -0.830. The van der Waals surface area contributed by atoms with E-state index in [1.807, 2.05) is 6.92 Å². The minimum Gasteiger partial charge on any atom is -0.387 e. The van der Waals surface area contributed by atoms with Gasteiger partial charge >= 0.3 is 0 Å². The number of rotatable bonds is 4. The molecule has 1 heterocycles. The Kier molecular flexibility index (Phi) is 5.40. The average Bonchev–Trinajstić information content (AvgIpc) is 2.37. The molecule has 15 heavy (non-hydrogen) atoms. The Morgan fingerprint density at radius 3 is 3.00 bits per heavy atom. The van der Waals surface area contributed by atoms with Gasteiger partial charge in [-0.05, 0) is 32.6 Å². The van der Waals surface area contributed by atoms with Crippen LogP contribution in [0.25, 0.3) is 0 Å². The lowest BCUT2D eigenvalue weighted by molar-refractivity contribution is 0.595. The van der Waals surface area contributed by atoms with Crippen LogP contribution in [0.2, 0.25) is 0 Å². The van der Waals surface area contributed by atoms with Crippen molar-refractivity contribution in [1.29, 1.82) is 0 Å². The molecule has 4 N–H and O–H groups in total. The number of nitrogens with zero attached hydrogens (tertiary/aromatic N) is 1. The van der Waals surface area contributed by atoms with Crippen LogP contribution in [-0.2, 0) is 0 Å². The Balaban J connectivity index is 2.30. The smallest absolute Gasteiger partial charge is 0.0940 e. The van der Waals surface area contributed by atoms with E-state index in [1.165, 1.54) is 19.3 Å². The topological polar surface area (TPSA) is 64.4 Å². The Morgan fingerprint density at radius 2 is 2.27 bits per heavy atom. The highest BCUT2D eigenvalue weighted by Gasteiger charge is 2.09. The van der Waals surface area contributed by atoms with Gasteiger partial charge in [0.2, 0.25) is 0 Å². The zero-order chi connectivity index (χ0) is 11.1. The van der Waals surface area contributed by atoms with Gasteiger partial charge in [0, 0.05) is 12.5 Å². The van der Waals surface area contributed by atoms with E-state index in [0.29, 0.717) is 6.04 Å². The average molecular weight is 209 g/mol. The quantitative estimate of drug-likeness (QED) is 0.695. The zero-order valence-electron chi connectivity index (χ0n) is 9.65. The van der Waals surface area contributed by atoms with Crippen molar-refractivity contribution >= 4 is 5.84 Å². The lowest BCUT2D eigenvalue weighted by atomic mass is 10.1. The highest BCUT2D eigenvalue weighted by atomic mass is 14.9. The molecule has 0 bridgehead atoms. The molecule has 0 aromatic heterocycles. The molecule has 0 unspecified atom stereocenters. The molecule has 0 spiro atoms. The first kappa shape index (κ1) is 12.2. The fourth-order valence-electron chi connectivity index (χ4n) is 1.78. The van der Waals surface area contributed by atoms with Crippen molar-refractivity contribution in [3.05, 3.63) is 12.2 Å². The van der Waals surface area contributed by atoms with Gasteiger partial charge in [-0.2, -0.15) is 0 Å². The van der Waals surface area contributed by atoms with Crippen molar-refractivity contribution in [3.8, 4) is 0 Å². The third kappa shape index (κ3) is 5.57. The summed E-state index contributed by atoms with van der Waals surface area (Å²) in [5, 5.41) is 0. The Bertz CT molecular complexity index is 231. The molecule has 0 aromatic carbocycles. The molecule has 0 aromatic rings. The van der Waals surface area contributed by atoms with E-state index in [9.17, 15) is 0 Å². The van der Waals surface area contributed by atoms with E-state index in [-0.39, 0.29) is 6.04 Å². The summed E-state index contributed by atoms with van der Waals surface area (Å²) in [4.78, 5) is 4.50. The normalized spacial score (nSPS) is 24.9. The van der Waals surface area contributed by atoms with Gasteiger partial charge in [0.25, 0.3) is 0 Å². The number of aliphatic imine (C=N–C) groups is 1. The fraction of sp³-hybridized carbons (Fsp3) is 0.750. The van der Waals surface area contributed by atoms with E-state index in [1.54, 1.807) is 0 Å². The molecule has 0 aliphatic carbocycles. The van der Waals surface area contributed by atoms with Crippen molar-refractivity contribution < 1.29 is 0 Å². The van der Waals surface area contributed by atoms with Crippen LogP contribution in [0.5, 0.6) is 0 Å². The maximum Gasteiger partial charge on any atom is 0.0940 e. The van der Waals surface area contributed by atoms with Crippen LogP contribution in [-0.4, -0.2) is 17.9 Å². The van der Waals surface area contributed by atoms with Crippen molar-refractivity contribution in [2.24, 2.45) is 16.5 Å². The van der Waals surface area contributed by atoms with Crippen LogP contribution < -0.4 is 11.5 Å². The van der Waals surface area contributed by atoms with Gasteiger partial charge in [-0.25, -0.2) is 0 Å². The van der Waals surface area contributed by atoms with Crippen LogP contribution in [0.4, 0.5) is 0 Å². The van der Waals surface area contributed by atoms with E-state index >= 15 is 0 Å². The summed E-state index contributed by atoms with van der Waals surface area (Å²) in [7, 11) is 0. The first-order valence-electron chi connectivity index (χ1n) is 5.91. The largest absolute Gasteiger partial charge is 0.387 e. The number of amidine groups is 1. The lowest BCUT2D eigenvalue weighted by Crippen LogP contribution is -2.14. The van der Waals surface area contributed by atoms with Crippen LogP contribution in [0.3, 0.4) is 0 Å². The van der Waals surface area contributed by atoms with Gasteiger partial charge in [-0.15, -0.1) is 0 Å². The molecule has 2 atom stereocenters. The van der Waals surface area contributed by atoms with Crippen LogP contribution in [0.15, 0.2) is 17.1 Å². The first-order valence-corrected chi connectivity index (χ1v) is 5.91. The van der Waals surface area contributed by atoms with E-state index in [0.717, 1.165) is 25.1 Å². The third-order valence-corrected chi connectivity index (χ3v) is 2.65. The van der Waals surface area contributed by atoms with Crippen LogP contribution in [0.1, 0.15) is 45.4 Å². The molecule has 0 amide bonds. The second-order valence-electron chi connectivity index (χ2n) is 4.44. The number of hydrogen-bond acceptors (Lipinski definition) is 3. The minimum absolute atomic E-state index is 0.254. The number of nitrogens with two attached hydrogens (primary N) is 2. The molecule has 0 fully saturated rings. The minimum atomic E-state index is 0.254. The summed E-state index contributed by atoms with van der Waals surface area (Å²) < 4.78 is 0. The molecule has 1 aliphatic rings. The van der Waals surface area contributed by atoms with Gasteiger partial charge in [0.05, 0.1) is 11.9 Å². The predicted molar refractivity (Wildman–Crippen MR) is 65.9 cm³/mol. The highest BCUT2D eigenvalue weighted by molar-refractivity contribution is 5.80. The first-order chi connectivity index (χ1) is 7.18. The molecule has 0 saturated heterocycles. The van der Waals surface area contributed by atoms with E-state index in [2.05, 4.69) is 17.1 Å². The number of hydrogen-bond donors (Lipinski definition) is 2. The monoisotopic (exact) mass is 209 g/mol. The summed E-state index contributed by atoms with van der Waals surface area (Å²) in [6, 6.07) is 0.654. The zero-order valence-corrected chi connectivity index (χ0v) is 9.65. The van der Waals surface area contributed by atoms with Gasteiger partial charge in [0.15, 0.2) is 0 Å². The van der Waals surface area contributed by atoms with Gasteiger partial charge in [0.1, 0.15) is 0 Å². The van der Waals surface area contributed by atoms with Crippen molar-refractivity contribution in [3.63, 3.8) is 0 Å². The highest BCUT2D eigenvalue weighted by Crippen LogP contribution is 2.15. The maximum absolute atomic E-state index is 5.78. The van der Waals surface area contributed by atoms with Crippen LogP contribution >= 0.6 is 0 Å². The van der Waals surface area contributed by atoms with Crippen molar-refractivity contribution in [1.82, 2.24) is 0 Å². The van der Waals surface area contributed by atoms with Gasteiger partial charge in [-0.1, -0.05) is 18.6 Å². The van der Waals surface area contributed by atoms with Crippen molar-refractivity contribution in [2.75, 3.05) is 0 Å². The maximum atomic E-state index is 5.78. The van der Waals surface area contributed by atoms with Gasteiger partial charge < -0.3 is 11.5 Å². The standard InChI is InChI=1S/C12H23N3/c1-10(13)6-2-3-7-11-8-4-5-9-12(14)15-11/h2-3,10-11H,4-9,13H2,1H3,(H2,14,15)/b3-2+/t10-,11-/m1/s1. The molecular weight excluding hydrogens is 186 g/mol. The predicted octanol–water partition coefficient (Wildman–Crippen LogP) is 1.97. The molecule has 1 rings (SSSR count). The van der Waals surface area contributed by atoms with E-state index < -0.39 is 0 Å². The van der Waals surface area contributed by atoms with Crippen LogP contribution in [0, 0.1) is 0 Å². The Morgan fingerprint density at radius 1 is 1.47 bits per heavy atom. The van der Waals surface area contributed by atoms with E-state index in [4.69, 9.17) is 11.5 Å². The summed E-state index contributed by atoms with van der Waals surface area (Å²) in [5.74, 6) is 0.832. The van der Waals surface area contributed by atoms with Gasteiger partial charge in [-0.3, -0.25) is 4.99 Å².